The lowest BCUT2D eigenvalue weighted by Crippen LogP contribution is -2.19. The van der Waals surface area contributed by atoms with Gasteiger partial charge in [-0.15, -0.1) is 0 Å². The van der Waals surface area contributed by atoms with E-state index in [9.17, 15) is 9.18 Å². The number of carbonyl (C=O) groups is 1. The fourth-order valence-electron chi connectivity index (χ4n) is 3.97. The number of aromatic nitrogens is 2. The molecule has 0 N–H and O–H groups in total. The molecular weight excluding hydrogens is 441 g/mol. The minimum atomic E-state index is -0.700. The van der Waals surface area contributed by atoms with Crippen molar-refractivity contribution in [3.8, 4) is 5.75 Å². The molecule has 3 aromatic carbocycles. The second-order valence-corrected chi connectivity index (χ2v) is 8.34. The summed E-state index contributed by atoms with van der Waals surface area (Å²) in [4.78, 5) is 24.6. The van der Waals surface area contributed by atoms with Crippen molar-refractivity contribution < 1.29 is 13.9 Å². The zero-order valence-electron chi connectivity index (χ0n) is 17.8. The summed E-state index contributed by atoms with van der Waals surface area (Å²) in [5, 5.41) is -0.0482. The van der Waals surface area contributed by atoms with E-state index in [0.29, 0.717) is 11.0 Å². The van der Waals surface area contributed by atoms with Gasteiger partial charge in [-0.1, -0.05) is 41.9 Å². The molecule has 0 amide bonds. The number of halogens is 2. The van der Waals surface area contributed by atoms with Gasteiger partial charge in [0.15, 0.2) is 5.78 Å². The van der Waals surface area contributed by atoms with Gasteiger partial charge in [-0.25, -0.2) is 9.37 Å². The van der Waals surface area contributed by atoms with Crippen LogP contribution >= 0.6 is 11.6 Å². The summed E-state index contributed by atoms with van der Waals surface area (Å²) in [5.41, 5.74) is 2.26. The highest BCUT2D eigenvalue weighted by Crippen LogP contribution is 2.33. The van der Waals surface area contributed by atoms with Crippen molar-refractivity contribution in [2.45, 2.75) is 19.4 Å². The summed E-state index contributed by atoms with van der Waals surface area (Å²) in [6.07, 6.45) is 4.00. The molecule has 1 fully saturated rings. The molecule has 0 unspecified atom stereocenters. The van der Waals surface area contributed by atoms with E-state index in [1.807, 2.05) is 30.3 Å². The Bertz CT molecular complexity index is 1320. The summed E-state index contributed by atoms with van der Waals surface area (Å²) < 4.78 is 20.5. The Labute approximate surface area is 195 Å². The molecular formula is C26H21ClFN3O2. The molecule has 7 heteroatoms. The number of ether oxygens (including phenoxy) is 1. The van der Waals surface area contributed by atoms with Gasteiger partial charge in [0.2, 0.25) is 0 Å². The number of anilines is 1. The van der Waals surface area contributed by atoms with Crippen LogP contribution < -0.4 is 9.64 Å². The topological polar surface area (TPSA) is 55.3 Å². The Morgan fingerprint density at radius 1 is 1.03 bits per heavy atom. The highest BCUT2D eigenvalue weighted by Gasteiger charge is 2.22. The molecule has 5 nitrogen and oxygen atoms in total. The van der Waals surface area contributed by atoms with E-state index in [1.165, 1.54) is 12.1 Å². The smallest absolute Gasteiger partial charge is 0.197 e. The van der Waals surface area contributed by atoms with Gasteiger partial charge < -0.3 is 9.64 Å². The molecule has 0 atom stereocenters. The average molecular weight is 462 g/mol. The van der Waals surface area contributed by atoms with Crippen LogP contribution in [-0.2, 0) is 6.61 Å². The quantitative estimate of drug-likeness (QED) is 0.338. The van der Waals surface area contributed by atoms with Gasteiger partial charge >= 0.3 is 0 Å². The van der Waals surface area contributed by atoms with Crippen LogP contribution in [0.2, 0.25) is 5.02 Å². The number of hydrogen-bond donors (Lipinski definition) is 0. The second-order valence-electron chi connectivity index (χ2n) is 7.96. The van der Waals surface area contributed by atoms with Crippen LogP contribution in [0.4, 0.5) is 10.2 Å². The molecule has 0 aliphatic carbocycles. The van der Waals surface area contributed by atoms with Crippen LogP contribution in [0.3, 0.4) is 0 Å². The van der Waals surface area contributed by atoms with E-state index >= 15 is 0 Å². The maximum absolute atomic E-state index is 14.7. The first-order chi connectivity index (χ1) is 16.1. The van der Waals surface area contributed by atoms with Gasteiger partial charge in [-0.2, -0.15) is 0 Å². The van der Waals surface area contributed by atoms with Crippen molar-refractivity contribution in [2.75, 3.05) is 18.0 Å². The van der Waals surface area contributed by atoms with Gasteiger partial charge in [-0.05, 0) is 48.7 Å². The van der Waals surface area contributed by atoms with Gasteiger partial charge in [0.05, 0.1) is 27.8 Å². The summed E-state index contributed by atoms with van der Waals surface area (Å²) in [6.45, 7) is 2.13. The van der Waals surface area contributed by atoms with E-state index in [2.05, 4.69) is 14.9 Å². The van der Waals surface area contributed by atoms with Crippen LogP contribution in [0.1, 0.15) is 34.3 Å². The van der Waals surface area contributed by atoms with Crippen molar-refractivity contribution in [3.63, 3.8) is 0 Å². The normalized spacial score (nSPS) is 13.5. The number of nitrogens with zero attached hydrogens (tertiary/aromatic N) is 3. The molecule has 0 spiro atoms. The molecule has 0 radical (unpaired) electrons. The highest BCUT2D eigenvalue weighted by atomic mass is 35.5. The summed E-state index contributed by atoms with van der Waals surface area (Å²) in [6, 6.07) is 17.1. The second kappa shape index (κ2) is 9.16. The van der Waals surface area contributed by atoms with Gasteiger partial charge in [-0.3, -0.25) is 9.78 Å². The van der Waals surface area contributed by atoms with Crippen molar-refractivity contribution in [2.24, 2.45) is 0 Å². The Kier molecular flexibility index (Phi) is 5.92. The fourth-order valence-corrected chi connectivity index (χ4v) is 4.27. The molecule has 0 saturated carbocycles. The summed E-state index contributed by atoms with van der Waals surface area (Å²) in [5.74, 6) is -0.195. The summed E-state index contributed by atoms with van der Waals surface area (Å²) >= 11 is 6.43. The zero-order chi connectivity index (χ0) is 22.8. The molecule has 0 bridgehead atoms. The molecule has 1 aromatic heterocycles. The maximum Gasteiger partial charge on any atom is 0.197 e. The molecule has 166 valence electrons. The largest absolute Gasteiger partial charge is 0.487 e. The van der Waals surface area contributed by atoms with Crippen molar-refractivity contribution in [1.82, 2.24) is 9.97 Å². The molecule has 1 saturated heterocycles. The van der Waals surface area contributed by atoms with Gasteiger partial charge in [0.1, 0.15) is 24.0 Å². The Balaban J connectivity index is 1.45. The van der Waals surface area contributed by atoms with Crippen LogP contribution in [-0.4, -0.2) is 28.8 Å². The maximum atomic E-state index is 14.7. The first kappa shape index (κ1) is 21.3. The number of carbonyl (C=O) groups excluding carboxylic acids is 1. The van der Waals surface area contributed by atoms with Crippen LogP contribution in [0.25, 0.3) is 11.0 Å². The van der Waals surface area contributed by atoms with E-state index in [-0.39, 0.29) is 28.5 Å². The molecule has 4 aromatic rings. The molecule has 1 aliphatic rings. The number of hydrogen-bond acceptors (Lipinski definition) is 5. The fraction of sp³-hybridized carbons (Fsp3) is 0.192. The first-order valence-corrected chi connectivity index (χ1v) is 11.2. The predicted octanol–water partition coefficient (Wildman–Crippen LogP) is 5.83. The number of rotatable bonds is 6. The van der Waals surface area contributed by atoms with E-state index in [4.69, 9.17) is 16.3 Å². The SMILES string of the molecule is O=C(c1ccc2ncc(N3CCCC3)nc2c1)c1c(F)ccc(OCc2ccccc2)c1Cl. The van der Waals surface area contributed by atoms with Crippen LogP contribution in [0.5, 0.6) is 5.75 Å². The Hall–Kier alpha value is -3.51. The van der Waals surface area contributed by atoms with Crippen LogP contribution in [0.15, 0.2) is 66.9 Å². The van der Waals surface area contributed by atoms with E-state index in [1.54, 1.807) is 24.4 Å². The molecule has 33 heavy (non-hydrogen) atoms. The lowest BCUT2D eigenvalue weighted by molar-refractivity contribution is 0.103. The number of fused-ring (bicyclic) bond motifs is 1. The minimum absolute atomic E-state index is 0.0482. The number of benzene rings is 3. The van der Waals surface area contributed by atoms with Crippen molar-refractivity contribution in [3.05, 3.63) is 94.4 Å². The monoisotopic (exact) mass is 461 g/mol. The van der Waals surface area contributed by atoms with Crippen LogP contribution in [0, 0.1) is 5.82 Å². The van der Waals surface area contributed by atoms with Gasteiger partial charge in [0.25, 0.3) is 0 Å². The van der Waals surface area contributed by atoms with E-state index < -0.39 is 11.6 Å². The van der Waals surface area contributed by atoms with Crippen molar-refractivity contribution >= 4 is 34.2 Å². The van der Waals surface area contributed by atoms with Gasteiger partial charge in [0, 0.05) is 18.7 Å². The lowest BCUT2D eigenvalue weighted by atomic mass is 10.0. The van der Waals surface area contributed by atoms with Crippen molar-refractivity contribution in [1.29, 1.82) is 0 Å². The minimum Gasteiger partial charge on any atom is -0.487 e. The summed E-state index contributed by atoms with van der Waals surface area (Å²) in [7, 11) is 0. The third-order valence-corrected chi connectivity index (χ3v) is 6.12. The highest BCUT2D eigenvalue weighted by molar-refractivity contribution is 6.36. The molecule has 5 rings (SSSR count). The lowest BCUT2D eigenvalue weighted by Gasteiger charge is -2.16. The Morgan fingerprint density at radius 3 is 2.61 bits per heavy atom. The predicted molar refractivity (Wildman–Crippen MR) is 127 cm³/mol. The Morgan fingerprint density at radius 2 is 1.82 bits per heavy atom. The third-order valence-electron chi connectivity index (χ3n) is 5.74. The standard InChI is InChI=1S/C26H21ClFN3O2/c27-25-22(33-16-17-6-2-1-3-7-17)11-9-19(28)24(25)26(32)18-8-10-20-21(14-18)30-23(15-29-20)31-12-4-5-13-31/h1-3,6-11,14-15H,4-5,12-13,16H2. The average Bonchev–Trinajstić information content (AvgIpc) is 3.38. The molecule has 2 heterocycles. The number of ketones is 1. The third kappa shape index (κ3) is 4.39. The molecule has 1 aliphatic heterocycles. The zero-order valence-corrected chi connectivity index (χ0v) is 18.6. The first-order valence-electron chi connectivity index (χ1n) is 10.8. The van der Waals surface area contributed by atoms with E-state index in [0.717, 1.165) is 37.3 Å².